The molecule has 2 N–H and O–H groups in total. The molecule has 2 aromatic heterocycles. The van der Waals surface area contributed by atoms with Crippen LogP contribution in [0.4, 0.5) is 0 Å². The third-order valence-corrected chi connectivity index (χ3v) is 4.84. The standard InChI is InChI=1S/C21H22N4O3/c1-2-28-19-11-14(3-4-18(19)26)12-25-10-7-16-17(13-25)23-20(24-21(16)27)15-5-8-22-9-6-15/h3-6,8-9,11,26H,2,7,10,12-13H2,1H3,(H,23,24,27). The summed E-state index contributed by atoms with van der Waals surface area (Å²) in [5.41, 5.74) is 3.39. The van der Waals surface area contributed by atoms with Gasteiger partial charge in [0.2, 0.25) is 0 Å². The van der Waals surface area contributed by atoms with Crippen molar-refractivity contribution in [1.82, 2.24) is 19.9 Å². The largest absolute Gasteiger partial charge is 0.504 e. The number of phenolic OH excluding ortho intramolecular Hbond substituents is 1. The Labute approximate surface area is 162 Å². The number of H-pyrrole nitrogens is 1. The van der Waals surface area contributed by atoms with Crippen molar-refractivity contribution in [2.24, 2.45) is 0 Å². The summed E-state index contributed by atoms with van der Waals surface area (Å²) in [6, 6.07) is 9.07. The molecule has 0 atom stereocenters. The predicted octanol–water partition coefficient (Wildman–Crippen LogP) is 2.49. The van der Waals surface area contributed by atoms with Crippen LogP contribution in [0.25, 0.3) is 11.4 Å². The molecule has 3 aromatic rings. The summed E-state index contributed by atoms with van der Waals surface area (Å²) in [4.78, 5) is 26.4. The Balaban J connectivity index is 1.57. The molecule has 0 spiro atoms. The monoisotopic (exact) mass is 378 g/mol. The summed E-state index contributed by atoms with van der Waals surface area (Å²) in [7, 11) is 0. The molecule has 0 unspecified atom stereocenters. The van der Waals surface area contributed by atoms with Gasteiger partial charge in [-0.05, 0) is 43.2 Å². The van der Waals surface area contributed by atoms with Gasteiger partial charge in [0.15, 0.2) is 11.5 Å². The normalized spacial score (nSPS) is 13.9. The number of aromatic amines is 1. The summed E-state index contributed by atoms with van der Waals surface area (Å²) >= 11 is 0. The molecule has 1 aliphatic rings. The highest BCUT2D eigenvalue weighted by molar-refractivity contribution is 5.54. The average Bonchev–Trinajstić information content (AvgIpc) is 2.71. The number of aromatic nitrogens is 3. The minimum atomic E-state index is -0.0697. The van der Waals surface area contributed by atoms with E-state index in [2.05, 4.69) is 14.9 Å². The van der Waals surface area contributed by atoms with Crippen LogP contribution < -0.4 is 10.3 Å². The Morgan fingerprint density at radius 1 is 1.25 bits per heavy atom. The average molecular weight is 378 g/mol. The fourth-order valence-electron chi connectivity index (χ4n) is 3.46. The molecule has 7 nitrogen and oxygen atoms in total. The Bertz CT molecular complexity index is 1030. The summed E-state index contributed by atoms with van der Waals surface area (Å²) in [6.07, 6.45) is 4.02. The zero-order chi connectivity index (χ0) is 19.5. The Kier molecular flexibility index (Phi) is 5.08. The molecular weight excluding hydrogens is 356 g/mol. The highest BCUT2D eigenvalue weighted by Crippen LogP contribution is 2.28. The number of benzene rings is 1. The highest BCUT2D eigenvalue weighted by Gasteiger charge is 2.21. The van der Waals surface area contributed by atoms with E-state index in [1.165, 1.54) is 0 Å². The zero-order valence-corrected chi connectivity index (χ0v) is 15.7. The predicted molar refractivity (Wildman–Crippen MR) is 105 cm³/mol. The molecule has 1 aliphatic heterocycles. The summed E-state index contributed by atoms with van der Waals surface area (Å²) in [5, 5.41) is 9.88. The number of phenols is 1. The molecule has 28 heavy (non-hydrogen) atoms. The smallest absolute Gasteiger partial charge is 0.254 e. The van der Waals surface area contributed by atoms with Gasteiger partial charge in [-0.3, -0.25) is 14.7 Å². The molecule has 0 saturated heterocycles. The second kappa shape index (κ2) is 7.82. The number of fused-ring (bicyclic) bond motifs is 1. The van der Waals surface area contributed by atoms with Crippen molar-refractivity contribution in [3.8, 4) is 22.9 Å². The lowest BCUT2D eigenvalue weighted by atomic mass is 10.0. The van der Waals surface area contributed by atoms with E-state index in [1.807, 2.05) is 31.2 Å². The Morgan fingerprint density at radius 3 is 2.86 bits per heavy atom. The number of aromatic hydroxyl groups is 1. The van der Waals surface area contributed by atoms with Crippen LogP contribution in [0.1, 0.15) is 23.7 Å². The maximum absolute atomic E-state index is 12.5. The first kappa shape index (κ1) is 18.2. The van der Waals surface area contributed by atoms with E-state index in [-0.39, 0.29) is 11.3 Å². The number of rotatable bonds is 5. The molecule has 0 aliphatic carbocycles. The second-order valence-electron chi connectivity index (χ2n) is 6.77. The van der Waals surface area contributed by atoms with Crippen LogP contribution in [0.3, 0.4) is 0 Å². The summed E-state index contributed by atoms with van der Waals surface area (Å²) in [6.45, 7) is 4.45. The molecule has 3 heterocycles. The van der Waals surface area contributed by atoms with Crippen molar-refractivity contribution in [2.45, 2.75) is 26.4 Å². The summed E-state index contributed by atoms with van der Waals surface area (Å²) in [5.74, 6) is 1.20. The third kappa shape index (κ3) is 3.75. The molecule has 7 heteroatoms. The van der Waals surface area contributed by atoms with E-state index in [0.29, 0.717) is 37.7 Å². The van der Waals surface area contributed by atoms with Gasteiger partial charge in [0.1, 0.15) is 5.82 Å². The van der Waals surface area contributed by atoms with E-state index >= 15 is 0 Å². The Morgan fingerprint density at radius 2 is 2.07 bits per heavy atom. The lowest BCUT2D eigenvalue weighted by Gasteiger charge is -2.28. The topological polar surface area (TPSA) is 91.3 Å². The quantitative estimate of drug-likeness (QED) is 0.709. The highest BCUT2D eigenvalue weighted by atomic mass is 16.5. The van der Waals surface area contributed by atoms with Gasteiger partial charge in [-0.15, -0.1) is 0 Å². The van der Waals surface area contributed by atoms with Crippen LogP contribution in [0, 0.1) is 0 Å². The fourth-order valence-corrected chi connectivity index (χ4v) is 3.46. The van der Waals surface area contributed by atoms with Crippen LogP contribution >= 0.6 is 0 Å². The van der Waals surface area contributed by atoms with Gasteiger partial charge in [-0.25, -0.2) is 4.98 Å². The van der Waals surface area contributed by atoms with E-state index < -0.39 is 0 Å². The van der Waals surface area contributed by atoms with Crippen molar-refractivity contribution in [1.29, 1.82) is 0 Å². The van der Waals surface area contributed by atoms with Gasteiger partial charge in [0, 0.05) is 43.2 Å². The number of hydrogen-bond acceptors (Lipinski definition) is 6. The van der Waals surface area contributed by atoms with Gasteiger partial charge in [-0.1, -0.05) is 6.07 Å². The second-order valence-corrected chi connectivity index (χ2v) is 6.77. The molecule has 0 bridgehead atoms. The first-order chi connectivity index (χ1) is 13.6. The Hall–Kier alpha value is -3.19. The van der Waals surface area contributed by atoms with Gasteiger partial charge in [-0.2, -0.15) is 0 Å². The molecule has 4 rings (SSSR count). The number of ether oxygens (including phenoxy) is 1. The van der Waals surface area contributed by atoms with Crippen LogP contribution in [0.15, 0.2) is 47.5 Å². The molecule has 0 fully saturated rings. The molecular formula is C21H22N4O3. The van der Waals surface area contributed by atoms with Gasteiger partial charge < -0.3 is 14.8 Å². The van der Waals surface area contributed by atoms with Gasteiger partial charge in [0.05, 0.1) is 12.3 Å². The zero-order valence-electron chi connectivity index (χ0n) is 15.7. The summed E-state index contributed by atoms with van der Waals surface area (Å²) < 4.78 is 5.47. The van der Waals surface area contributed by atoms with E-state index in [9.17, 15) is 9.90 Å². The maximum atomic E-state index is 12.5. The fraction of sp³-hybridized carbons (Fsp3) is 0.286. The van der Waals surface area contributed by atoms with Crippen molar-refractivity contribution < 1.29 is 9.84 Å². The minimum absolute atomic E-state index is 0.0697. The van der Waals surface area contributed by atoms with Gasteiger partial charge >= 0.3 is 0 Å². The molecule has 144 valence electrons. The van der Waals surface area contributed by atoms with Crippen LogP contribution in [-0.2, 0) is 19.5 Å². The van der Waals surface area contributed by atoms with E-state index in [1.54, 1.807) is 18.5 Å². The molecule has 1 aromatic carbocycles. The van der Waals surface area contributed by atoms with Crippen LogP contribution in [0.5, 0.6) is 11.5 Å². The lowest BCUT2D eigenvalue weighted by Crippen LogP contribution is -2.35. The van der Waals surface area contributed by atoms with Gasteiger partial charge in [0.25, 0.3) is 5.56 Å². The SMILES string of the molecule is CCOc1cc(CN2CCc3c(nc(-c4ccncc4)[nH]c3=O)C2)ccc1O. The van der Waals surface area contributed by atoms with E-state index in [0.717, 1.165) is 28.9 Å². The van der Waals surface area contributed by atoms with E-state index in [4.69, 9.17) is 9.72 Å². The lowest BCUT2D eigenvalue weighted by molar-refractivity contribution is 0.239. The first-order valence-corrected chi connectivity index (χ1v) is 9.33. The maximum Gasteiger partial charge on any atom is 0.254 e. The van der Waals surface area contributed by atoms with Crippen LogP contribution in [0.2, 0.25) is 0 Å². The first-order valence-electron chi connectivity index (χ1n) is 9.33. The molecule has 0 radical (unpaired) electrons. The number of nitrogens with one attached hydrogen (secondary N) is 1. The van der Waals surface area contributed by atoms with Crippen LogP contribution in [-0.4, -0.2) is 38.1 Å². The minimum Gasteiger partial charge on any atom is -0.504 e. The number of nitrogens with zero attached hydrogens (tertiary/aromatic N) is 3. The molecule has 0 saturated carbocycles. The van der Waals surface area contributed by atoms with Crippen molar-refractivity contribution in [2.75, 3.05) is 13.2 Å². The van der Waals surface area contributed by atoms with Crippen molar-refractivity contribution >= 4 is 0 Å². The van der Waals surface area contributed by atoms with Crippen molar-refractivity contribution in [3.63, 3.8) is 0 Å². The third-order valence-electron chi connectivity index (χ3n) is 4.84. The number of pyridine rings is 1. The number of hydrogen-bond donors (Lipinski definition) is 2. The molecule has 0 amide bonds. The van der Waals surface area contributed by atoms with Crippen molar-refractivity contribution in [3.05, 3.63) is 69.9 Å².